The van der Waals surface area contributed by atoms with E-state index in [1.807, 2.05) is 19.1 Å². The lowest BCUT2D eigenvalue weighted by Gasteiger charge is -2.14. The molecule has 0 fully saturated rings. The van der Waals surface area contributed by atoms with Gasteiger partial charge in [-0.1, -0.05) is 41.4 Å². The zero-order chi connectivity index (χ0) is 20.7. The predicted octanol–water partition coefficient (Wildman–Crippen LogP) is 6.02. The van der Waals surface area contributed by atoms with Crippen LogP contribution in [0.2, 0.25) is 10.0 Å². The molecule has 2 heterocycles. The van der Waals surface area contributed by atoms with E-state index in [4.69, 9.17) is 35.5 Å². The first-order chi connectivity index (χ1) is 13.9. The third kappa shape index (κ3) is 3.22. The van der Waals surface area contributed by atoms with E-state index < -0.39 is 0 Å². The fourth-order valence-corrected chi connectivity index (χ4v) is 4.02. The Morgan fingerprint density at radius 2 is 2.00 bits per heavy atom. The van der Waals surface area contributed by atoms with Crippen LogP contribution in [0.1, 0.15) is 11.3 Å². The van der Waals surface area contributed by atoms with Gasteiger partial charge in [0.05, 0.1) is 6.57 Å². The van der Waals surface area contributed by atoms with E-state index in [1.165, 1.54) is 0 Å². The number of pyridine rings is 1. The normalized spacial score (nSPS) is 11.0. The third-order valence-electron chi connectivity index (χ3n) is 4.88. The summed E-state index contributed by atoms with van der Waals surface area (Å²) in [5, 5.41) is 12.7. The maximum atomic E-state index is 10.9. The minimum Gasteiger partial charge on any atom is -0.493 e. The Kier molecular flexibility index (Phi) is 4.93. The number of aromatic nitrogens is 2. The molecule has 0 aliphatic heterocycles. The SMILES string of the molecule is [C-]#[N+]c1cccc(-n2cc3c(-c4ccc(Cl)cc4Cl)c(CN)c(C)nc3c2O)c1. The minimum atomic E-state index is -0.0138. The number of halogens is 2. The van der Waals surface area contributed by atoms with Crippen molar-refractivity contribution < 1.29 is 5.11 Å². The first kappa shape index (κ1) is 19.3. The maximum Gasteiger partial charge on any atom is 0.222 e. The average Bonchev–Trinajstić information content (AvgIpc) is 3.03. The number of benzene rings is 2. The van der Waals surface area contributed by atoms with Crippen molar-refractivity contribution in [2.75, 3.05) is 0 Å². The Hall–Kier alpha value is -3.04. The lowest BCUT2D eigenvalue weighted by molar-refractivity contribution is 0.447. The van der Waals surface area contributed by atoms with Crippen molar-refractivity contribution in [2.45, 2.75) is 13.5 Å². The molecular formula is C22H16Cl2N4O. The second kappa shape index (κ2) is 7.41. The van der Waals surface area contributed by atoms with Gasteiger partial charge in [-0.3, -0.25) is 4.57 Å². The summed E-state index contributed by atoms with van der Waals surface area (Å²) >= 11 is 12.6. The number of rotatable bonds is 3. The molecule has 0 aliphatic rings. The Labute approximate surface area is 177 Å². The second-order valence-electron chi connectivity index (χ2n) is 6.60. The molecule has 0 radical (unpaired) electrons. The second-order valence-corrected chi connectivity index (χ2v) is 7.44. The lowest BCUT2D eigenvalue weighted by atomic mass is 9.96. The number of nitrogens with zero attached hydrogens (tertiary/aromatic N) is 3. The molecule has 4 rings (SSSR count). The Morgan fingerprint density at radius 1 is 1.21 bits per heavy atom. The molecule has 2 aromatic carbocycles. The highest BCUT2D eigenvalue weighted by Gasteiger charge is 2.21. The molecule has 29 heavy (non-hydrogen) atoms. The van der Waals surface area contributed by atoms with Gasteiger partial charge in [-0.05, 0) is 36.8 Å². The highest BCUT2D eigenvalue weighted by molar-refractivity contribution is 6.36. The van der Waals surface area contributed by atoms with Crippen LogP contribution in [0.25, 0.3) is 32.6 Å². The first-order valence-corrected chi connectivity index (χ1v) is 9.57. The molecule has 2 aromatic heterocycles. The van der Waals surface area contributed by atoms with Crippen molar-refractivity contribution >= 4 is 39.8 Å². The van der Waals surface area contributed by atoms with Crippen LogP contribution in [0.15, 0.2) is 48.7 Å². The molecule has 5 nitrogen and oxygen atoms in total. The van der Waals surface area contributed by atoms with E-state index >= 15 is 0 Å². The summed E-state index contributed by atoms with van der Waals surface area (Å²) in [6, 6.07) is 12.3. The molecule has 0 unspecified atom stereocenters. The maximum absolute atomic E-state index is 10.9. The summed E-state index contributed by atoms with van der Waals surface area (Å²) in [4.78, 5) is 8.05. The van der Waals surface area contributed by atoms with Crippen LogP contribution in [0, 0.1) is 13.5 Å². The molecule has 0 spiro atoms. The quantitative estimate of drug-likeness (QED) is 0.396. The number of fused-ring (bicyclic) bond motifs is 1. The van der Waals surface area contributed by atoms with E-state index in [1.54, 1.807) is 41.1 Å². The fourth-order valence-electron chi connectivity index (χ4n) is 3.52. The summed E-state index contributed by atoms with van der Waals surface area (Å²) in [5.41, 5.74) is 10.7. The topological polar surface area (TPSA) is 68.4 Å². The van der Waals surface area contributed by atoms with E-state index in [2.05, 4.69) is 9.83 Å². The molecule has 0 saturated carbocycles. The van der Waals surface area contributed by atoms with Gasteiger partial charge in [-0.25, -0.2) is 9.83 Å². The molecule has 0 aliphatic carbocycles. The van der Waals surface area contributed by atoms with Crippen molar-refractivity contribution in [1.82, 2.24) is 9.55 Å². The molecule has 3 N–H and O–H groups in total. The zero-order valence-electron chi connectivity index (χ0n) is 15.4. The van der Waals surface area contributed by atoms with Crippen LogP contribution in [0.5, 0.6) is 5.88 Å². The summed E-state index contributed by atoms with van der Waals surface area (Å²) in [7, 11) is 0. The van der Waals surface area contributed by atoms with E-state index in [0.29, 0.717) is 38.0 Å². The number of nitrogens with two attached hydrogens (primary N) is 1. The number of hydrogen-bond acceptors (Lipinski definition) is 3. The molecule has 0 atom stereocenters. The molecular weight excluding hydrogens is 407 g/mol. The number of aryl methyl sites for hydroxylation is 1. The zero-order valence-corrected chi connectivity index (χ0v) is 17.0. The van der Waals surface area contributed by atoms with Gasteiger partial charge < -0.3 is 10.8 Å². The predicted molar refractivity (Wildman–Crippen MR) is 117 cm³/mol. The number of aromatic hydroxyl groups is 1. The van der Waals surface area contributed by atoms with Gasteiger partial charge in [0.1, 0.15) is 5.52 Å². The largest absolute Gasteiger partial charge is 0.493 e. The average molecular weight is 423 g/mol. The number of hydrogen-bond donors (Lipinski definition) is 2. The van der Waals surface area contributed by atoms with Crippen molar-refractivity contribution in [3.63, 3.8) is 0 Å². The Morgan fingerprint density at radius 3 is 2.69 bits per heavy atom. The highest BCUT2D eigenvalue weighted by Crippen LogP contribution is 2.41. The molecule has 0 bridgehead atoms. The summed E-state index contributed by atoms with van der Waals surface area (Å²) in [5.74, 6) is -0.0138. The molecule has 0 amide bonds. The van der Waals surface area contributed by atoms with Gasteiger partial charge in [-0.2, -0.15) is 0 Å². The van der Waals surface area contributed by atoms with E-state index in [0.717, 1.165) is 16.7 Å². The van der Waals surface area contributed by atoms with Crippen molar-refractivity contribution in [3.8, 4) is 22.7 Å². The third-order valence-corrected chi connectivity index (χ3v) is 5.43. The summed E-state index contributed by atoms with van der Waals surface area (Å²) < 4.78 is 1.61. The monoisotopic (exact) mass is 422 g/mol. The minimum absolute atomic E-state index is 0.0138. The molecule has 144 valence electrons. The first-order valence-electron chi connectivity index (χ1n) is 8.81. The summed E-state index contributed by atoms with van der Waals surface area (Å²) in [6.07, 6.45) is 1.79. The van der Waals surface area contributed by atoms with Crippen LogP contribution in [0.3, 0.4) is 0 Å². The molecule has 4 aromatic rings. The van der Waals surface area contributed by atoms with Crippen LogP contribution < -0.4 is 5.73 Å². The van der Waals surface area contributed by atoms with Crippen molar-refractivity contribution in [1.29, 1.82) is 0 Å². The molecule has 0 saturated heterocycles. The van der Waals surface area contributed by atoms with Crippen molar-refractivity contribution in [2.24, 2.45) is 5.73 Å². The van der Waals surface area contributed by atoms with Crippen LogP contribution in [-0.2, 0) is 6.54 Å². The van der Waals surface area contributed by atoms with Gasteiger partial charge in [-0.15, -0.1) is 0 Å². The standard InChI is InChI=1S/C22H16Cl2N4O/c1-12-17(10-25)20(16-7-6-13(23)8-19(16)24)18-11-28(22(29)21(18)27-12)15-5-3-4-14(9-15)26-2/h3-9,11,29H,10,25H2,1H3. The van der Waals surface area contributed by atoms with Crippen molar-refractivity contribution in [3.05, 3.63) is 81.4 Å². The van der Waals surface area contributed by atoms with Gasteiger partial charge in [0, 0.05) is 50.7 Å². The fraction of sp³-hybridized carbons (Fsp3) is 0.0909. The van der Waals surface area contributed by atoms with Crippen LogP contribution in [0.4, 0.5) is 5.69 Å². The lowest BCUT2D eigenvalue weighted by Crippen LogP contribution is -2.04. The van der Waals surface area contributed by atoms with Gasteiger partial charge in [0.25, 0.3) is 0 Å². The Balaban J connectivity index is 2.08. The van der Waals surface area contributed by atoms with Gasteiger partial charge >= 0.3 is 0 Å². The van der Waals surface area contributed by atoms with E-state index in [9.17, 15) is 5.11 Å². The van der Waals surface area contributed by atoms with E-state index in [-0.39, 0.29) is 12.4 Å². The smallest absolute Gasteiger partial charge is 0.222 e. The van der Waals surface area contributed by atoms with Gasteiger partial charge in [0.2, 0.25) is 5.88 Å². The van der Waals surface area contributed by atoms with Crippen LogP contribution >= 0.6 is 23.2 Å². The van der Waals surface area contributed by atoms with Gasteiger partial charge in [0.15, 0.2) is 5.69 Å². The van der Waals surface area contributed by atoms with Crippen LogP contribution in [-0.4, -0.2) is 14.7 Å². The summed E-state index contributed by atoms with van der Waals surface area (Å²) in [6.45, 7) is 9.35. The highest BCUT2D eigenvalue weighted by atomic mass is 35.5. The Bertz CT molecular complexity index is 1300. The molecule has 7 heteroatoms.